The van der Waals surface area contributed by atoms with Crippen molar-refractivity contribution in [3.63, 3.8) is 0 Å². The van der Waals surface area contributed by atoms with Crippen LogP contribution >= 0.6 is 0 Å². The summed E-state index contributed by atoms with van der Waals surface area (Å²) in [6.45, 7) is 11.2. The van der Waals surface area contributed by atoms with Crippen molar-refractivity contribution in [1.82, 2.24) is 19.6 Å². The molecule has 0 aromatic carbocycles. The largest absolute Gasteiger partial charge is 0.369 e. The Hall–Kier alpha value is -2.35. The Morgan fingerprint density at radius 2 is 1.20 bits per heavy atom. The molecule has 4 N–H and O–H groups in total. The summed E-state index contributed by atoms with van der Waals surface area (Å²) in [5.74, 6) is -0.974. The molecular weight excluding hydrogens is 456 g/mol. The Balaban J connectivity index is 0.00000562. The van der Waals surface area contributed by atoms with Gasteiger partial charge in [0.05, 0.1) is 25.7 Å². The molecular formula is C22H44N8O5. The molecule has 13 nitrogen and oxygen atoms in total. The summed E-state index contributed by atoms with van der Waals surface area (Å²) in [5, 5.41) is 5.91. The minimum Gasteiger partial charge on any atom is -0.369 e. The number of nitroso groups, excluding NO2 is 2. The number of nitrogens with two attached hydrogens (primary N) is 2. The van der Waals surface area contributed by atoms with Crippen LogP contribution in [0.15, 0.2) is 10.4 Å². The third kappa shape index (κ3) is 15.3. The number of rotatable bonds is 13. The van der Waals surface area contributed by atoms with E-state index in [9.17, 15) is 24.2 Å². The first-order valence-corrected chi connectivity index (χ1v) is 12.3. The van der Waals surface area contributed by atoms with Gasteiger partial charge in [0, 0.05) is 71.9 Å². The number of nitrogens with zero attached hydrogens (tertiary/aromatic N) is 6. The summed E-state index contributed by atoms with van der Waals surface area (Å²) in [6, 6.07) is -0.617. The molecule has 13 heteroatoms. The lowest BCUT2D eigenvalue weighted by Crippen LogP contribution is -2.52. The molecule has 0 bridgehead atoms. The van der Waals surface area contributed by atoms with Crippen LogP contribution in [0.3, 0.4) is 0 Å². The maximum Gasteiger partial charge on any atom is 0.234 e. The third-order valence-electron chi connectivity index (χ3n) is 5.81. The minimum absolute atomic E-state index is 0.0189. The topological polar surface area (TPSA) is 175 Å². The number of Topliss-reactive ketones (excluding diaryl/α,β-unsaturated/α-hetero) is 1. The molecule has 1 aliphatic heterocycles. The van der Waals surface area contributed by atoms with Crippen molar-refractivity contribution in [3.05, 3.63) is 9.81 Å². The van der Waals surface area contributed by atoms with E-state index in [0.29, 0.717) is 71.9 Å². The van der Waals surface area contributed by atoms with Crippen LogP contribution < -0.4 is 11.5 Å². The van der Waals surface area contributed by atoms with Gasteiger partial charge in [0.15, 0.2) is 0 Å². The Bertz CT molecular complexity index is 651. The van der Waals surface area contributed by atoms with Gasteiger partial charge in [-0.1, -0.05) is 24.2 Å². The average Bonchev–Trinajstić information content (AvgIpc) is 2.81. The number of amides is 2. The molecule has 0 saturated carbocycles. The van der Waals surface area contributed by atoms with Crippen LogP contribution in [0.1, 0.15) is 33.6 Å². The second-order valence-corrected chi connectivity index (χ2v) is 8.33. The number of carbonyl (C=O) groups excluding carboxylic acids is 3. The fourth-order valence-corrected chi connectivity index (χ4v) is 3.90. The van der Waals surface area contributed by atoms with Crippen LogP contribution in [0.25, 0.3) is 0 Å². The summed E-state index contributed by atoms with van der Waals surface area (Å²) in [4.78, 5) is 64.6. The number of carbonyl (C=O) groups is 3. The van der Waals surface area contributed by atoms with E-state index in [1.807, 2.05) is 23.6 Å². The van der Waals surface area contributed by atoms with Crippen LogP contribution in [0.4, 0.5) is 0 Å². The predicted octanol–water partition coefficient (Wildman–Crippen LogP) is -0.525. The Labute approximate surface area is 208 Å². The highest BCUT2D eigenvalue weighted by atomic mass is 16.3. The fourth-order valence-electron chi connectivity index (χ4n) is 3.90. The monoisotopic (exact) mass is 500 g/mol. The Morgan fingerprint density at radius 3 is 1.60 bits per heavy atom. The van der Waals surface area contributed by atoms with E-state index < -0.39 is 17.9 Å². The van der Waals surface area contributed by atoms with Gasteiger partial charge in [-0.25, -0.2) is 0 Å². The van der Waals surface area contributed by atoms with Crippen molar-refractivity contribution < 1.29 is 14.4 Å². The summed E-state index contributed by atoms with van der Waals surface area (Å²) in [7, 11) is 0. The second-order valence-electron chi connectivity index (χ2n) is 8.33. The van der Waals surface area contributed by atoms with Crippen molar-refractivity contribution >= 4 is 17.6 Å². The summed E-state index contributed by atoms with van der Waals surface area (Å²) in [5.41, 5.74) is 11.1. The van der Waals surface area contributed by atoms with Gasteiger partial charge in [0.2, 0.25) is 11.8 Å². The van der Waals surface area contributed by atoms with Gasteiger partial charge < -0.3 is 16.3 Å². The minimum atomic E-state index is -0.617. The lowest BCUT2D eigenvalue weighted by molar-refractivity contribution is -0.125. The van der Waals surface area contributed by atoms with Gasteiger partial charge in [-0.3, -0.25) is 29.2 Å². The highest BCUT2D eigenvalue weighted by molar-refractivity contribution is 5.81. The maximum atomic E-state index is 12.2. The maximum absolute atomic E-state index is 12.2. The Kier molecular flexibility index (Phi) is 18.6. The molecule has 2 amide bonds. The van der Waals surface area contributed by atoms with Gasteiger partial charge in [-0.15, -0.1) is 0 Å². The van der Waals surface area contributed by atoms with Crippen molar-refractivity contribution in [3.8, 4) is 0 Å². The first kappa shape index (κ1) is 32.7. The first-order valence-electron chi connectivity index (χ1n) is 12.3. The van der Waals surface area contributed by atoms with Crippen LogP contribution in [-0.4, -0.2) is 128 Å². The third-order valence-corrected chi connectivity index (χ3v) is 5.81. The molecule has 1 fully saturated rings. The van der Waals surface area contributed by atoms with E-state index in [4.69, 9.17) is 11.5 Å². The van der Waals surface area contributed by atoms with E-state index >= 15 is 0 Å². The summed E-state index contributed by atoms with van der Waals surface area (Å²) < 4.78 is 0. The summed E-state index contributed by atoms with van der Waals surface area (Å²) in [6.07, 6.45) is 0.566. The molecule has 1 heterocycles. The van der Waals surface area contributed by atoms with Crippen LogP contribution in [0.5, 0.6) is 0 Å². The number of primary amides is 2. The standard InChI is InChI=1S/C20H38N8O5.C2H6/c1-17(29)2-3-18(20(22)31)28-14-12-26(7-5-24-33)9-8-25(6-4-23-32)10-11-27(13-15-28)16-19(21)30;1-2/h18H,2-16H2,1H3,(H2,21,30)(H2,22,31);1-2H3. The lowest BCUT2D eigenvalue weighted by atomic mass is 10.1. The number of ketones is 1. The molecule has 0 aliphatic carbocycles. The van der Waals surface area contributed by atoms with Gasteiger partial charge in [-0.2, -0.15) is 9.81 Å². The molecule has 35 heavy (non-hydrogen) atoms. The van der Waals surface area contributed by atoms with Gasteiger partial charge in [-0.05, 0) is 13.3 Å². The van der Waals surface area contributed by atoms with Crippen molar-refractivity contribution in [2.75, 3.05) is 85.1 Å². The second kappa shape index (κ2) is 19.9. The number of hydrogen-bond acceptors (Lipinski definition) is 11. The van der Waals surface area contributed by atoms with E-state index in [0.717, 1.165) is 0 Å². The van der Waals surface area contributed by atoms with Crippen LogP contribution in [-0.2, 0) is 14.4 Å². The molecule has 0 spiro atoms. The number of hydrogen-bond donors (Lipinski definition) is 2. The molecule has 202 valence electrons. The fraction of sp³-hybridized carbons (Fsp3) is 0.864. The molecule has 1 unspecified atom stereocenters. The van der Waals surface area contributed by atoms with E-state index in [1.165, 1.54) is 6.92 Å². The highest BCUT2D eigenvalue weighted by Gasteiger charge is 2.26. The molecule has 0 aromatic heterocycles. The Morgan fingerprint density at radius 1 is 0.771 bits per heavy atom. The molecule has 1 rings (SSSR count). The van der Waals surface area contributed by atoms with E-state index in [1.54, 1.807) is 0 Å². The van der Waals surface area contributed by atoms with Crippen molar-refractivity contribution in [2.45, 2.75) is 39.7 Å². The van der Waals surface area contributed by atoms with E-state index in [2.05, 4.69) is 20.2 Å². The normalized spacial score (nSPS) is 18.3. The van der Waals surface area contributed by atoms with Gasteiger partial charge in [0.1, 0.15) is 5.78 Å². The van der Waals surface area contributed by atoms with Crippen molar-refractivity contribution in [2.24, 2.45) is 21.8 Å². The molecule has 0 aromatic rings. The van der Waals surface area contributed by atoms with Crippen molar-refractivity contribution in [1.29, 1.82) is 0 Å². The van der Waals surface area contributed by atoms with Gasteiger partial charge in [0.25, 0.3) is 0 Å². The smallest absolute Gasteiger partial charge is 0.234 e. The van der Waals surface area contributed by atoms with E-state index in [-0.39, 0.29) is 31.8 Å². The zero-order chi connectivity index (χ0) is 26.6. The quantitative estimate of drug-likeness (QED) is 0.315. The predicted molar refractivity (Wildman–Crippen MR) is 136 cm³/mol. The summed E-state index contributed by atoms with van der Waals surface area (Å²) >= 11 is 0. The molecule has 1 aliphatic rings. The van der Waals surface area contributed by atoms with Gasteiger partial charge >= 0.3 is 0 Å². The molecule has 0 radical (unpaired) electrons. The highest BCUT2D eigenvalue weighted by Crippen LogP contribution is 2.10. The zero-order valence-electron chi connectivity index (χ0n) is 21.6. The van der Waals surface area contributed by atoms with Crippen LogP contribution in [0, 0.1) is 9.81 Å². The molecule has 1 atom stereocenters. The zero-order valence-corrected chi connectivity index (χ0v) is 21.6. The SMILES string of the molecule is CC.CC(=O)CCC(C(N)=O)N1CCN(CCN=O)CCN(CCN=O)CCN(CC(N)=O)CC1. The lowest BCUT2D eigenvalue weighted by Gasteiger charge is -2.36. The first-order chi connectivity index (χ1) is 16.8. The average molecular weight is 501 g/mol. The molecule has 1 saturated heterocycles. The van der Waals surface area contributed by atoms with Crippen LogP contribution in [0.2, 0.25) is 0 Å².